The van der Waals surface area contributed by atoms with Crippen molar-refractivity contribution in [2.75, 3.05) is 10.7 Å². The number of nitrogens with zero attached hydrogens (tertiary/aromatic N) is 2. The maximum absolute atomic E-state index is 13.4. The summed E-state index contributed by atoms with van der Waals surface area (Å²) in [5.41, 5.74) is 1.60. The average molecular weight is 374 g/mol. The van der Waals surface area contributed by atoms with Gasteiger partial charge in [-0.2, -0.15) is 0 Å². The zero-order chi connectivity index (χ0) is 17.8. The van der Waals surface area contributed by atoms with Gasteiger partial charge in [0.05, 0.1) is 22.5 Å². The first-order valence-corrected chi connectivity index (χ1v) is 9.37. The Hall–Kier alpha value is -2.25. The fraction of sp³-hybridized carbons (Fsp3) is 0.167. The molecule has 0 bridgehead atoms. The fourth-order valence-electron chi connectivity index (χ4n) is 2.27. The Morgan fingerprint density at radius 3 is 2.68 bits per heavy atom. The fourth-order valence-corrected chi connectivity index (χ4v) is 3.76. The highest BCUT2D eigenvalue weighted by molar-refractivity contribution is 8.14. The SMILES string of the molecule is CC(=O)SCC(=O)N(Cc1ccccc1)c1nc2ccc(F)cc2s1. The van der Waals surface area contributed by atoms with Gasteiger partial charge in [-0.05, 0) is 23.8 Å². The first-order valence-electron chi connectivity index (χ1n) is 7.56. The Labute approximate surface area is 152 Å². The second-order valence-electron chi connectivity index (χ2n) is 5.35. The van der Waals surface area contributed by atoms with Gasteiger partial charge in [-0.1, -0.05) is 53.4 Å². The molecule has 0 aliphatic carbocycles. The van der Waals surface area contributed by atoms with Gasteiger partial charge in [0, 0.05) is 6.92 Å². The summed E-state index contributed by atoms with van der Waals surface area (Å²) >= 11 is 2.23. The lowest BCUT2D eigenvalue weighted by Gasteiger charge is -2.19. The van der Waals surface area contributed by atoms with Crippen LogP contribution in [-0.2, 0) is 16.1 Å². The van der Waals surface area contributed by atoms with Crippen molar-refractivity contribution >= 4 is 49.5 Å². The van der Waals surface area contributed by atoms with Crippen LogP contribution in [-0.4, -0.2) is 21.8 Å². The number of thiazole rings is 1. The number of carbonyl (C=O) groups excluding carboxylic acids is 2. The summed E-state index contributed by atoms with van der Waals surface area (Å²) in [6.07, 6.45) is 0. The number of benzene rings is 2. The number of halogens is 1. The summed E-state index contributed by atoms with van der Waals surface area (Å²) in [4.78, 5) is 29.8. The molecule has 0 aliphatic rings. The molecule has 128 valence electrons. The average Bonchev–Trinajstić information content (AvgIpc) is 3.01. The zero-order valence-corrected chi connectivity index (χ0v) is 15.1. The molecule has 4 nitrogen and oxygen atoms in total. The molecule has 0 fully saturated rings. The van der Waals surface area contributed by atoms with Crippen molar-refractivity contribution in [1.82, 2.24) is 4.98 Å². The van der Waals surface area contributed by atoms with Crippen molar-refractivity contribution in [3.8, 4) is 0 Å². The van der Waals surface area contributed by atoms with Gasteiger partial charge in [-0.15, -0.1) is 0 Å². The monoisotopic (exact) mass is 374 g/mol. The van der Waals surface area contributed by atoms with Gasteiger partial charge >= 0.3 is 0 Å². The number of hydrogen-bond acceptors (Lipinski definition) is 5. The summed E-state index contributed by atoms with van der Waals surface area (Å²) in [6, 6.07) is 13.9. The molecule has 0 spiro atoms. The van der Waals surface area contributed by atoms with Crippen LogP contribution in [0.4, 0.5) is 9.52 Å². The van der Waals surface area contributed by atoms with Gasteiger partial charge in [0.15, 0.2) is 10.2 Å². The van der Waals surface area contributed by atoms with E-state index in [1.165, 1.54) is 30.4 Å². The molecule has 7 heteroatoms. The van der Waals surface area contributed by atoms with E-state index in [9.17, 15) is 14.0 Å². The highest BCUT2D eigenvalue weighted by atomic mass is 32.2. The zero-order valence-electron chi connectivity index (χ0n) is 13.4. The Morgan fingerprint density at radius 2 is 1.96 bits per heavy atom. The third-order valence-corrected chi connectivity index (χ3v) is 5.29. The van der Waals surface area contributed by atoms with Crippen LogP contribution >= 0.6 is 23.1 Å². The summed E-state index contributed by atoms with van der Waals surface area (Å²) < 4.78 is 14.1. The minimum Gasteiger partial charge on any atom is -0.288 e. The van der Waals surface area contributed by atoms with E-state index < -0.39 is 0 Å². The Morgan fingerprint density at radius 1 is 1.20 bits per heavy atom. The third kappa shape index (κ3) is 4.43. The molecule has 3 rings (SSSR count). The van der Waals surface area contributed by atoms with Crippen molar-refractivity contribution in [2.45, 2.75) is 13.5 Å². The lowest BCUT2D eigenvalue weighted by atomic mass is 10.2. The van der Waals surface area contributed by atoms with Crippen molar-refractivity contribution in [3.05, 3.63) is 59.9 Å². The molecule has 0 saturated heterocycles. The molecular formula is C18H15FN2O2S2. The molecule has 0 saturated carbocycles. The van der Waals surface area contributed by atoms with Crippen molar-refractivity contribution in [2.24, 2.45) is 0 Å². The Bertz CT molecular complexity index is 912. The maximum Gasteiger partial charge on any atom is 0.239 e. The van der Waals surface area contributed by atoms with Crippen LogP contribution in [0.5, 0.6) is 0 Å². The largest absolute Gasteiger partial charge is 0.288 e. The normalized spacial score (nSPS) is 10.8. The number of fused-ring (bicyclic) bond motifs is 1. The standard InChI is InChI=1S/C18H15FN2O2S2/c1-12(22)24-11-17(23)21(10-13-5-3-2-4-6-13)18-20-15-8-7-14(19)9-16(15)25-18/h2-9H,10-11H2,1H3. The van der Waals surface area contributed by atoms with Crippen LogP contribution in [0.25, 0.3) is 10.2 Å². The van der Waals surface area contributed by atoms with Crippen molar-refractivity contribution in [3.63, 3.8) is 0 Å². The maximum atomic E-state index is 13.4. The van der Waals surface area contributed by atoms with Gasteiger partial charge in [-0.3, -0.25) is 14.5 Å². The number of aromatic nitrogens is 1. The molecule has 25 heavy (non-hydrogen) atoms. The molecule has 0 atom stereocenters. The second-order valence-corrected chi connectivity index (χ2v) is 7.52. The highest BCUT2D eigenvalue weighted by Crippen LogP contribution is 2.30. The van der Waals surface area contributed by atoms with Crippen LogP contribution in [0.3, 0.4) is 0 Å². The van der Waals surface area contributed by atoms with Gasteiger partial charge in [0.25, 0.3) is 0 Å². The van der Waals surface area contributed by atoms with Gasteiger partial charge < -0.3 is 0 Å². The minimum absolute atomic E-state index is 0.0481. The van der Waals surface area contributed by atoms with E-state index in [2.05, 4.69) is 4.98 Å². The van der Waals surface area contributed by atoms with Gasteiger partial charge in [0.1, 0.15) is 5.82 Å². The quantitative estimate of drug-likeness (QED) is 0.670. The molecule has 1 heterocycles. The van der Waals surface area contributed by atoms with Crippen LogP contribution in [0.15, 0.2) is 48.5 Å². The van der Waals surface area contributed by atoms with E-state index in [1.54, 1.807) is 11.0 Å². The van der Waals surface area contributed by atoms with E-state index in [0.29, 0.717) is 21.9 Å². The van der Waals surface area contributed by atoms with E-state index in [1.807, 2.05) is 30.3 Å². The number of hydrogen-bond donors (Lipinski definition) is 0. The lowest BCUT2D eigenvalue weighted by Crippen LogP contribution is -2.32. The summed E-state index contributed by atoms with van der Waals surface area (Å²) in [6.45, 7) is 1.78. The first kappa shape index (κ1) is 17.6. The van der Waals surface area contributed by atoms with E-state index >= 15 is 0 Å². The molecule has 2 aromatic carbocycles. The topological polar surface area (TPSA) is 50.3 Å². The van der Waals surface area contributed by atoms with E-state index in [4.69, 9.17) is 0 Å². The highest BCUT2D eigenvalue weighted by Gasteiger charge is 2.21. The minimum atomic E-state index is -0.337. The predicted molar refractivity (Wildman–Crippen MR) is 100 cm³/mol. The summed E-state index contributed by atoms with van der Waals surface area (Å²) in [5.74, 6) is -0.494. The summed E-state index contributed by atoms with van der Waals surface area (Å²) in [5, 5.41) is 0.387. The molecule has 0 unspecified atom stereocenters. The molecular weight excluding hydrogens is 359 g/mol. The molecule has 1 amide bonds. The number of anilines is 1. The number of amides is 1. The predicted octanol–water partition coefficient (Wildman–Crippen LogP) is 4.25. The van der Waals surface area contributed by atoms with Crippen LogP contribution in [0.1, 0.15) is 12.5 Å². The number of rotatable bonds is 5. The molecule has 3 aromatic rings. The number of carbonyl (C=O) groups is 2. The van der Waals surface area contributed by atoms with Crippen LogP contribution in [0.2, 0.25) is 0 Å². The molecule has 0 aliphatic heterocycles. The van der Waals surface area contributed by atoms with Crippen molar-refractivity contribution < 1.29 is 14.0 Å². The van der Waals surface area contributed by atoms with E-state index in [-0.39, 0.29) is 22.6 Å². The third-order valence-electron chi connectivity index (χ3n) is 3.45. The van der Waals surface area contributed by atoms with Crippen LogP contribution in [0, 0.1) is 5.82 Å². The second kappa shape index (κ2) is 7.76. The van der Waals surface area contributed by atoms with Crippen LogP contribution < -0.4 is 4.90 Å². The van der Waals surface area contributed by atoms with E-state index in [0.717, 1.165) is 17.3 Å². The molecule has 0 N–H and O–H groups in total. The lowest BCUT2D eigenvalue weighted by molar-refractivity contribution is -0.116. The molecule has 1 aromatic heterocycles. The Kier molecular flexibility index (Phi) is 5.45. The van der Waals surface area contributed by atoms with Crippen molar-refractivity contribution in [1.29, 1.82) is 0 Å². The number of thioether (sulfide) groups is 1. The van der Waals surface area contributed by atoms with Gasteiger partial charge in [-0.25, -0.2) is 9.37 Å². The van der Waals surface area contributed by atoms with Gasteiger partial charge in [0.2, 0.25) is 5.91 Å². The first-order chi connectivity index (χ1) is 12.0. The Balaban J connectivity index is 1.93. The molecule has 0 radical (unpaired) electrons. The summed E-state index contributed by atoms with van der Waals surface area (Å²) in [7, 11) is 0. The smallest absolute Gasteiger partial charge is 0.239 e.